The lowest BCUT2D eigenvalue weighted by Crippen LogP contribution is -2.17. The van der Waals surface area contributed by atoms with Gasteiger partial charge in [0.2, 0.25) is 11.8 Å². The molecule has 0 aliphatic carbocycles. The van der Waals surface area contributed by atoms with Crippen LogP contribution in [-0.4, -0.2) is 76.9 Å². The van der Waals surface area contributed by atoms with Crippen LogP contribution in [0.2, 0.25) is 5.02 Å². The lowest BCUT2D eigenvalue weighted by molar-refractivity contribution is -0.117. The number of hydrogen-bond donors (Lipinski definition) is 3. The smallest absolute Gasteiger partial charge is 0.228 e. The predicted molar refractivity (Wildman–Crippen MR) is 231 cm³/mol. The number of aliphatic imine (C=N–C) groups is 1. The molecule has 0 spiro atoms. The Kier molecular flexibility index (Phi) is 12.1. The number of pyridine rings is 1. The lowest BCUT2D eigenvalue weighted by atomic mass is 9.99. The van der Waals surface area contributed by atoms with Gasteiger partial charge in [0.1, 0.15) is 35.0 Å². The van der Waals surface area contributed by atoms with Crippen LogP contribution in [0.15, 0.2) is 90.1 Å². The summed E-state index contributed by atoms with van der Waals surface area (Å²) in [5.74, 6) is 2.59. The van der Waals surface area contributed by atoms with E-state index in [4.69, 9.17) is 30.8 Å². The van der Waals surface area contributed by atoms with Gasteiger partial charge in [0.05, 0.1) is 45.0 Å². The fourth-order valence-corrected chi connectivity index (χ4v) is 8.45. The van der Waals surface area contributed by atoms with Gasteiger partial charge in [-0.15, -0.1) is 21.5 Å². The Balaban J connectivity index is 0.773. The molecule has 5 heterocycles. The first-order valence-corrected chi connectivity index (χ1v) is 20.6. The molecule has 15 heteroatoms. The molecule has 0 fully saturated rings. The van der Waals surface area contributed by atoms with Gasteiger partial charge in [-0.1, -0.05) is 29.8 Å². The monoisotopic (exact) mass is 830 g/mol. The van der Waals surface area contributed by atoms with E-state index in [0.29, 0.717) is 68.3 Å². The average molecular weight is 831 g/mol. The molecule has 1 atom stereocenters. The molecule has 2 amide bonds. The van der Waals surface area contributed by atoms with E-state index in [-0.39, 0.29) is 18.2 Å². The molecule has 0 saturated carbocycles. The number of nitrogens with one attached hydrogen (secondary N) is 3. The Morgan fingerprint density at radius 3 is 2.51 bits per heavy atom. The second kappa shape index (κ2) is 17.9. The van der Waals surface area contributed by atoms with Gasteiger partial charge >= 0.3 is 0 Å². The van der Waals surface area contributed by atoms with Gasteiger partial charge in [0, 0.05) is 50.7 Å². The number of halogens is 1. The van der Waals surface area contributed by atoms with E-state index in [9.17, 15) is 9.59 Å². The normalized spacial score (nSPS) is 14.1. The summed E-state index contributed by atoms with van der Waals surface area (Å²) < 4.78 is 19.3. The largest absolute Gasteiger partial charge is 0.491 e. The summed E-state index contributed by atoms with van der Waals surface area (Å²) in [5, 5.41) is 19.8. The molecule has 302 valence electrons. The van der Waals surface area contributed by atoms with Crippen molar-refractivity contribution in [1.29, 1.82) is 0 Å². The fourth-order valence-electron chi connectivity index (χ4n) is 7.11. The van der Waals surface area contributed by atoms with Crippen molar-refractivity contribution in [3.05, 3.63) is 129 Å². The highest BCUT2D eigenvalue weighted by atomic mass is 35.5. The average Bonchev–Trinajstić information content (AvgIpc) is 3.87. The van der Waals surface area contributed by atoms with Crippen molar-refractivity contribution >= 4 is 57.7 Å². The molecule has 8 rings (SSSR count). The second-order valence-corrected chi connectivity index (χ2v) is 15.8. The molecule has 3 N–H and O–H groups in total. The Bertz CT molecular complexity index is 2520. The predicted octanol–water partition coefficient (Wildman–Crippen LogP) is 7.91. The maximum atomic E-state index is 13.5. The molecule has 2 aliphatic heterocycles. The van der Waals surface area contributed by atoms with Gasteiger partial charge in [-0.05, 0) is 98.1 Å². The maximum Gasteiger partial charge on any atom is 0.228 e. The maximum absolute atomic E-state index is 13.5. The minimum absolute atomic E-state index is 0.0132. The number of hydrogen-bond acceptors (Lipinski definition) is 11. The Morgan fingerprint density at radius 2 is 1.69 bits per heavy atom. The molecule has 59 heavy (non-hydrogen) atoms. The Hall–Kier alpha value is -5.93. The van der Waals surface area contributed by atoms with E-state index in [2.05, 4.69) is 45.0 Å². The molecule has 0 saturated heterocycles. The zero-order chi connectivity index (χ0) is 40.9. The number of ether oxygens (including phenoxy) is 3. The van der Waals surface area contributed by atoms with Crippen LogP contribution in [0.4, 0.5) is 17.2 Å². The third-order valence-electron chi connectivity index (χ3n) is 10.1. The van der Waals surface area contributed by atoms with Gasteiger partial charge < -0.3 is 30.2 Å². The number of carbonyl (C=O) groups is 2. The summed E-state index contributed by atoms with van der Waals surface area (Å²) >= 11 is 7.91. The summed E-state index contributed by atoms with van der Waals surface area (Å²) in [7, 11) is 0. The van der Waals surface area contributed by atoms with Crippen LogP contribution >= 0.6 is 22.9 Å². The molecule has 3 aromatic carbocycles. The SMILES string of the molecule is Cc1sc2c(c1C)C(c1ccc(Cl)cc1)=N[C@@H](CC(=O)Nc1ccc(OCCOCCOCCNc3ncccc3-c3ccc4c(c3)CC(=O)N4)cc1)c1nnc(C)n1-2. The van der Waals surface area contributed by atoms with Crippen LogP contribution in [0, 0.1) is 20.8 Å². The van der Waals surface area contributed by atoms with Gasteiger partial charge in [0.15, 0.2) is 5.82 Å². The quantitative estimate of drug-likeness (QED) is 0.0826. The van der Waals surface area contributed by atoms with Crippen LogP contribution in [-0.2, 0) is 25.5 Å². The zero-order valence-corrected chi connectivity index (χ0v) is 34.5. The van der Waals surface area contributed by atoms with E-state index >= 15 is 0 Å². The minimum atomic E-state index is -0.570. The van der Waals surface area contributed by atoms with E-state index in [1.807, 2.05) is 78.2 Å². The molecule has 6 aromatic rings. The zero-order valence-electron chi connectivity index (χ0n) is 32.9. The second-order valence-electron chi connectivity index (χ2n) is 14.2. The topological polar surface area (TPSA) is 154 Å². The van der Waals surface area contributed by atoms with Crippen LogP contribution in [0.3, 0.4) is 0 Å². The number of amides is 2. The number of thiophene rings is 1. The molecule has 0 unspecified atom stereocenters. The summed E-state index contributed by atoms with van der Waals surface area (Å²) in [6.45, 7) is 8.81. The van der Waals surface area contributed by atoms with Crippen LogP contribution in [0.25, 0.3) is 16.1 Å². The number of carbonyl (C=O) groups excluding carboxylic acids is 2. The molecule has 3 aromatic heterocycles. The van der Waals surface area contributed by atoms with Crippen LogP contribution in [0.1, 0.15) is 51.2 Å². The van der Waals surface area contributed by atoms with Crippen LogP contribution < -0.4 is 20.7 Å². The molecular formula is C44H43ClN8O5S. The van der Waals surface area contributed by atoms with Crippen molar-refractivity contribution in [2.75, 3.05) is 55.5 Å². The number of nitrogens with zero attached hydrogens (tertiary/aromatic N) is 5. The van der Waals surface area contributed by atoms with Crippen LogP contribution in [0.5, 0.6) is 5.75 Å². The summed E-state index contributed by atoms with van der Waals surface area (Å²) in [5.41, 5.74) is 8.33. The van der Waals surface area contributed by atoms with Crippen molar-refractivity contribution in [3.63, 3.8) is 0 Å². The fraction of sp³-hybridized carbons (Fsp3) is 0.273. The Labute approximate surface area is 350 Å². The molecule has 13 nitrogen and oxygen atoms in total. The molecule has 2 aliphatic rings. The highest BCUT2D eigenvalue weighted by Gasteiger charge is 2.32. The Morgan fingerprint density at radius 1 is 0.932 bits per heavy atom. The number of aryl methyl sites for hydroxylation is 2. The molecule has 0 radical (unpaired) electrons. The van der Waals surface area contributed by atoms with Crippen molar-refractivity contribution < 1.29 is 23.8 Å². The van der Waals surface area contributed by atoms with E-state index in [1.54, 1.807) is 29.7 Å². The van der Waals surface area contributed by atoms with Crippen molar-refractivity contribution in [3.8, 4) is 21.9 Å². The number of aromatic nitrogens is 4. The highest BCUT2D eigenvalue weighted by molar-refractivity contribution is 7.15. The number of rotatable bonds is 16. The van der Waals surface area contributed by atoms with E-state index < -0.39 is 6.04 Å². The van der Waals surface area contributed by atoms with Gasteiger partial charge in [-0.25, -0.2) is 4.98 Å². The minimum Gasteiger partial charge on any atom is -0.491 e. The third-order valence-corrected chi connectivity index (χ3v) is 11.6. The number of benzene rings is 3. The van der Waals surface area contributed by atoms with E-state index in [0.717, 1.165) is 61.4 Å². The van der Waals surface area contributed by atoms with Gasteiger partial charge in [0.25, 0.3) is 0 Å². The molecular weight excluding hydrogens is 788 g/mol. The van der Waals surface area contributed by atoms with Crippen molar-refractivity contribution in [2.24, 2.45) is 4.99 Å². The summed E-state index contributed by atoms with van der Waals surface area (Å²) in [6, 6.07) is 24.2. The van der Waals surface area contributed by atoms with Crippen molar-refractivity contribution in [2.45, 2.75) is 39.7 Å². The number of fused-ring (bicyclic) bond motifs is 4. The van der Waals surface area contributed by atoms with Gasteiger partial charge in [-0.3, -0.25) is 19.1 Å². The van der Waals surface area contributed by atoms with E-state index in [1.165, 1.54) is 4.88 Å². The first-order valence-electron chi connectivity index (χ1n) is 19.4. The summed E-state index contributed by atoms with van der Waals surface area (Å²) in [6.07, 6.45) is 2.21. The lowest BCUT2D eigenvalue weighted by Gasteiger charge is -2.13. The summed E-state index contributed by atoms with van der Waals surface area (Å²) in [4.78, 5) is 36.2. The third kappa shape index (κ3) is 9.05. The van der Waals surface area contributed by atoms with Gasteiger partial charge in [-0.2, -0.15) is 0 Å². The molecule has 0 bridgehead atoms. The first kappa shape index (κ1) is 39.9. The standard InChI is InChI=1S/C44H43ClN8O5S/c1-26-27(2)59-44-40(26)41(29-6-9-32(45)10-7-29)50-37(43-52-51-28(3)53(43)44)25-39(55)48-33-11-13-34(14-12-33)58-22-21-57-20-19-56-18-17-47-42-35(5-4-16-46-42)30-8-15-36-31(23-30)24-38(54)49-36/h4-16,23,37H,17-22,24-25H2,1-3H3,(H,46,47)(H,48,55)(H,49,54)/t37-/m0/s1. The highest BCUT2D eigenvalue weighted by Crippen LogP contribution is 2.40. The first-order chi connectivity index (χ1) is 28.7. The van der Waals surface area contributed by atoms with Crippen molar-refractivity contribution in [1.82, 2.24) is 19.7 Å². The number of anilines is 3.